The Bertz CT molecular complexity index is 119. The van der Waals surface area contributed by atoms with Crippen LogP contribution in [-0.4, -0.2) is 23.7 Å². The fraction of sp³-hybridized carbons (Fsp3) is 0.667. The molecule has 50 valence electrons. The van der Waals surface area contributed by atoms with Crippen molar-refractivity contribution in [3.63, 3.8) is 0 Å². The molecule has 0 aromatic rings. The second-order valence-electron chi connectivity index (χ2n) is 1.79. The number of hydrogen-bond acceptors (Lipinski definition) is 3. The smallest absolute Gasteiger partial charge is 0.186 e. The lowest BCUT2D eigenvalue weighted by molar-refractivity contribution is 1.01. The molecule has 2 nitrogen and oxygen atoms in total. The molecule has 0 unspecified atom stereocenters. The van der Waals surface area contributed by atoms with Gasteiger partial charge in [-0.25, -0.2) is 0 Å². The van der Waals surface area contributed by atoms with Crippen molar-refractivity contribution in [2.75, 3.05) is 5.75 Å². The van der Waals surface area contributed by atoms with Crippen LogP contribution in [0.4, 0.5) is 0 Å². The van der Waals surface area contributed by atoms with Gasteiger partial charge in [-0.1, -0.05) is 6.92 Å². The third kappa shape index (κ3) is 2.18. The topological polar surface area (TPSA) is 24.7 Å². The van der Waals surface area contributed by atoms with Gasteiger partial charge in [-0.2, -0.15) is 0 Å². The van der Waals surface area contributed by atoms with Crippen LogP contribution in [0.5, 0.6) is 0 Å². The van der Waals surface area contributed by atoms with E-state index in [0.717, 1.165) is 5.75 Å². The second-order valence-corrected chi connectivity index (χ2v) is 2.96. The Labute approximate surface area is 59.5 Å². The van der Waals surface area contributed by atoms with Crippen LogP contribution in [0.25, 0.3) is 0 Å². The molecule has 0 radical (unpaired) electrons. The van der Waals surface area contributed by atoms with Gasteiger partial charge >= 0.3 is 0 Å². The molecule has 0 aromatic heterocycles. The van der Waals surface area contributed by atoms with Gasteiger partial charge in [0.2, 0.25) is 0 Å². The van der Waals surface area contributed by atoms with Gasteiger partial charge in [0.25, 0.3) is 0 Å². The zero-order valence-corrected chi connectivity index (χ0v) is 6.27. The third-order valence-electron chi connectivity index (χ3n) is 0.965. The molecule has 0 atom stereocenters. The number of rotatable bonds is 3. The van der Waals surface area contributed by atoms with Crippen LogP contribution in [0.2, 0.25) is 0 Å². The molecule has 3 heteroatoms. The molecule has 1 aliphatic rings. The summed E-state index contributed by atoms with van der Waals surface area (Å²) in [4.78, 5) is 8.18. The fourth-order valence-electron chi connectivity index (χ4n) is 0.572. The summed E-state index contributed by atoms with van der Waals surface area (Å²) in [6.45, 7) is 2.16. The van der Waals surface area contributed by atoms with E-state index in [9.17, 15) is 0 Å². The van der Waals surface area contributed by atoms with Gasteiger partial charge in [-0.3, -0.25) is 9.98 Å². The average molecular weight is 142 g/mol. The lowest BCUT2D eigenvalue weighted by Gasteiger charge is -1.99. The predicted octanol–water partition coefficient (Wildman–Crippen LogP) is 1.57. The molecule has 9 heavy (non-hydrogen) atoms. The highest BCUT2D eigenvalue weighted by Gasteiger charge is 2.03. The minimum Gasteiger partial charge on any atom is -0.255 e. The SMILES string of the molecule is CCCSC1N=CC=N1. The molecular formula is C6H10N2S. The molecule has 0 fully saturated rings. The summed E-state index contributed by atoms with van der Waals surface area (Å²) >= 11 is 1.79. The molecule has 0 N–H and O–H groups in total. The molecule has 0 amide bonds. The molecule has 0 saturated heterocycles. The van der Waals surface area contributed by atoms with Crippen LogP contribution >= 0.6 is 11.8 Å². The molecule has 0 aromatic carbocycles. The van der Waals surface area contributed by atoms with Crippen molar-refractivity contribution < 1.29 is 0 Å². The van der Waals surface area contributed by atoms with Gasteiger partial charge in [0.15, 0.2) is 5.50 Å². The fourth-order valence-corrected chi connectivity index (χ4v) is 1.33. The quantitative estimate of drug-likeness (QED) is 0.587. The minimum absolute atomic E-state index is 0.171. The van der Waals surface area contributed by atoms with E-state index in [1.165, 1.54) is 6.42 Å². The average Bonchev–Trinajstić information content (AvgIpc) is 2.34. The Kier molecular flexibility index (Phi) is 2.77. The molecule has 1 rings (SSSR count). The summed E-state index contributed by atoms with van der Waals surface area (Å²) in [6, 6.07) is 0. The zero-order chi connectivity index (χ0) is 6.53. The molecule has 1 aliphatic heterocycles. The Balaban J connectivity index is 2.13. The Morgan fingerprint density at radius 2 is 2.11 bits per heavy atom. The lowest BCUT2D eigenvalue weighted by atomic mass is 10.6. The first kappa shape index (κ1) is 6.81. The van der Waals surface area contributed by atoms with E-state index in [1.54, 1.807) is 24.2 Å². The van der Waals surface area contributed by atoms with Crippen molar-refractivity contribution in [3.8, 4) is 0 Å². The van der Waals surface area contributed by atoms with Gasteiger partial charge in [0.1, 0.15) is 0 Å². The monoisotopic (exact) mass is 142 g/mol. The van der Waals surface area contributed by atoms with E-state index in [1.807, 2.05) is 0 Å². The summed E-state index contributed by atoms with van der Waals surface area (Å²) in [5.74, 6) is 1.15. The van der Waals surface area contributed by atoms with E-state index in [2.05, 4.69) is 16.9 Å². The Morgan fingerprint density at radius 1 is 1.44 bits per heavy atom. The van der Waals surface area contributed by atoms with Crippen LogP contribution in [-0.2, 0) is 0 Å². The van der Waals surface area contributed by atoms with Crippen molar-refractivity contribution >= 4 is 24.2 Å². The van der Waals surface area contributed by atoms with E-state index < -0.39 is 0 Å². The summed E-state index contributed by atoms with van der Waals surface area (Å²) in [5.41, 5.74) is 0.171. The van der Waals surface area contributed by atoms with E-state index in [4.69, 9.17) is 0 Å². The van der Waals surface area contributed by atoms with E-state index >= 15 is 0 Å². The van der Waals surface area contributed by atoms with E-state index in [0.29, 0.717) is 0 Å². The van der Waals surface area contributed by atoms with Crippen LogP contribution < -0.4 is 0 Å². The van der Waals surface area contributed by atoms with Crippen LogP contribution in [0, 0.1) is 0 Å². The van der Waals surface area contributed by atoms with Crippen molar-refractivity contribution in [3.05, 3.63) is 0 Å². The van der Waals surface area contributed by atoms with Crippen molar-refractivity contribution in [2.45, 2.75) is 18.8 Å². The highest BCUT2D eigenvalue weighted by Crippen LogP contribution is 2.15. The van der Waals surface area contributed by atoms with Gasteiger partial charge in [0, 0.05) is 12.4 Å². The maximum atomic E-state index is 4.09. The van der Waals surface area contributed by atoms with Gasteiger partial charge in [-0.15, -0.1) is 11.8 Å². The summed E-state index contributed by atoms with van der Waals surface area (Å²) in [7, 11) is 0. The standard InChI is InChI=1S/C6H10N2S/c1-2-5-9-6-7-3-4-8-6/h3-4,6H,2,5H2,1H3. The lowest BCUT2D eigenvalue weighted by Crippen LogP contribution is -1.89. The Hall–Kier alpha value is -0.310. The maximum absolute atomic E-state index is 4.09. The highest BCUT2D eigenvalue weighted by molar-refractivity contribution is 7.99. The Morgan fingerprint density at radius 3 is 2.67 bits per heavy atom. The molecule has 0 saturated carbocycles. The van der Waals surface area contributed by atoms with Crippen molar-refractivity contribution in [1.82, 2.24) is 0 Å². The predicted molar refractivity (Wildman–Crippen MR) is 43.5 cm³/mol. The number of nitrogens with zero attached hydrogens (tertiary/aromatic N) is 2. The molecular weight excluding hydrogens is 132 g/mol. The molecule has 1 heterocycles. The van der Waals surface area contributed by atoms with Gasteiger partial charge in [0.05, 0.1) is 0 Å². The first-order valence-electron chi connectivity index (χ1n) is 3.10. The molecule has 0 spiro atoms. The maximum Gasteiger partial charge on any atom is 0.186 e. The number of aliphatic imine (C=N–C) groups is 2. The molecule has 0 bridgehead atoms. The van der Waals surface area contributed by atoms with E-state index in [-0.39, 0.29) is 5.50 Å². The van der Waals surface area contributed by atoms with Crippen molar-refractivity contribution in [1.29, 1.82) is 0 Å². The minimum atomic E-state index is 0.171. The summed E-state index contributed by atoms with van der Waals surface area (Å²) in [5, 5.41) is 0. The van der Waals surface area contributed by atoms with Gasteiger partial charge < -0.3 is 0 Å². The highest BCUT2D eigenvalue weighted by atomic mass is 32.2. The zero-order valence-electron chi connectivity index (χ0n) is 5.45. The number of hydrogen-bond donors (Lipinski definition) is 0. The van der Waals surface area contributed by atoms with Crippen LogP contribution in [0.1, 0.15) is 13.3 Å². The van der Waals surface area contributed by atoms with Crippen molar-refractivity contribution in [2.24, 2.45) is 9.98 Å². The number of thioether (sulfide) groups is 1. The second kappa shape index (κ2) is 3.67. The van der Waals surface area contributed by atoms with Crippen LogP contribution in [0.3, 0.4) is 0 Å². The largest absolute Gasteiger partial charge is 0.255 e. The first-order valence-corrected chi connectivity index (χ1v) is 4.15. The normalized spacial score (nSPS) is 17.4. The summed E-state index contributed by atoms with van der Waals surface area (Å²) < 4.78 is 0. The van der Waals surface area contributed by atoms with Crippen LogP contribution in [0.15, 0.2) is 9.98 Å². The molecule has 0 aliphatic carbocycles. The van der Waals surface area contributed by atoms with Gasteiger partial charge in [-0.05, 0) is 12.2 Å². The first-order chi connectivity index (χ1) is 4.43. The summed E-state index contributed by atoms with van der Waals surface area (Å²) in [6.07, 6.45) is 4.72. The third-order valence-corrected chi connectivity index (χ3v) is 2.15.